The van der Waals surface area contributed by atoms with Crippen LogP contribution in [0.1, 0.15) is 105 Å². The minimum Gasteiger partial charge on any atom is -0.293 e. The predicted octanol–water partition coefficient (Wildman–Crippen LogP) is 8.50. The van der Waals surface area contributed by atoms with Crippen molar-refractivity contribution in [3.63, 3.8) is 0 Å². The summed E-state index contributed by atoms with van der Waals surface area (Å²) in [5, 5.41) is 0.612. The number of hydrogen-bond acceptors (Lipinski definition) is 8. The molecule has 0 fully saturated rings. The lowest BCUT2D eigenvalue weighted by Gasteiger charge is -2.21. The molecule has 4 aromatic carbocycles. The Hall–Kier alpha value is -5.16. The van der Waals surface area contributed by atoms with E-state index in [1.165, 1.54) is 18.2 Å². The van der Waals surface area contributed by atoms with E-state index in [-0.39, 0.29) is 44.6 Å². The zero-order valence-corrected chi connectivity index (χ0v) is 30.1. The number of nitrogens with zero attached hydrogens (tertiary/aromatic N) is 3. The van der Waals surface area contributed by atoms with Crippen LogP contribution in [0, 0.1) is 6.92 Å². The van der Waals surface area contributed by atoms with Crippen LogP contribution in [0.4, 0.5) is 5.69 Å². The van der Waals surface area contributed by atoms with Gasteiger partial charge in [0.05, 0.1) is 55.7 Å². The third-order valence-electron chi connectivity index (χ3n) is 9.68. The van der Waals surface area contributed by atoms with Crippen LogP contribution in [-0.4, -0.2) is 50.8 Å². The maximum absolute atomic E-state index is 13.9. The number of pyridine rings is 1. The number of unbranched alkanes of at least 4 members (excludes halogenated alkanes) is 1. The summed E-state index contributed by atoms with van der Waals surface area (Å²) < 4.78 is 0. The lowest BCUT2D eigenvalue weighted by Crippen LogP contribution is -2.31. The predicted molar refractivity (Wildman–Crippen MR) is 198 cm³/mol. The minimum absolute atomic E-state index is 0.0540. The number of aryl methyl sites for hydroxylation is 1. The first kappa shape index (κ1) is 34.0. The summed E-state index contributed by atoms with van der Waals surface area (Å²) in [7, 11) is 0. The van der Waals surface area contributed by atoms with Crippen LogP contribution in [-0.2, 0) is 6.54 Å². The van der Waals surface area contributed by atoms with Gasteiger partial charge in [0.2, 0.25) is 0 Å². The first-order chi connectivity index (χ1) is 25.0. The number of halogens is 2. The molecule has 12 heteroatoms. The molecule has 8 rings (SSSR count). The molecular weight excluding hydrogens is 721 g/mol. The van der Waals surface area contributed by atoms with Crippen LogP contribution >= 0.6 is 35.0 Å². The molecule has 0 bridgehead atoms. The van der Waals surface area contributed by atoms with Gasteiger partial charge in [-0.1, -0.05) is 60.3 Å². The molecule has 258 valence electrons. The van der Waals surface area contributed by atoms with E-state index in [2.05, 4.69) is 6.92 Å². The van der Waals surface area contributed by atoms with Crippen molar-refractivity contribution in [3.8, 4) is 0 Å². The highest BCUT2D eigenvalue weighted by atomic mass is 35.5. The van der Waals surface area contributed by atoms with E-state index in [9.17, 15) is 28.8 Å². The standard InChI is InChI=1S/C40H27Cl2N3O6S/c1-3-4-13-52-21-7-9-23-25(15-21)36(47)33(35(23)46)31-11-10-22-20(18-44-37(48)24-8-5-19(2)14-26(24)38(44)49)6-12-32(34(22)43-31)45-39(50)27-16-29(41)30(42)17-28(27)40(45)51/h5-12,14-17,33H,3-4,13,18H2,1-2H3. The second-order valence-corrected chi connectivity index (χ2v) is 14.9. The van der Waals surface area contributed by atoms with Crippen molar-refractivity contribution in [1.82, 2.24) is 9.88 Å². The number of anilines is 1. The van der Waals surface area contributed by atoms with E-state index < -0.39 is 41.1 Å². The molecule has 5 aromatic rings. The maximum atomic E-state index is 13.9. The molecule has 3 heterocycles. The smallest absolute Gasteiger partial charge is 0.266 e. The SMILES string of the molecule is CCCCSc1ccc2c(c1)C(=O)C(c1ccc3c(CN4C(=O)c5ccc(C)cc5C4=O)ccc(N4C(=O)c5cc(Cl)c(Cl)cc5C4=O)c3n1)C2=O. The molecular formula is C40H27Cl2N3O6S. The van der Waals surface area contributed by atoms with Gasteiger partial charge in [-0.3, -0.25) is 33.7 Å². The molecule has 4 amide bonds. The zero-order valence-electron chi connectivity index (χ0n) is 27.8. The Morgan fingerprint density at radius 3 is 2.06 bits per heavy atom. The zero-order chi connectivity index (χ0) is 36.6. The van der Waals surface area contributed by atoms with Crippen molar-refractivity contribution >= 4 is 86.7 Å². The van der Waals surface area contributed by atoms with Gasteiger partial charge in [-0.25, -0.2) is 9.88 Å². The number of carbonyl (C=O) groups excluding carboxylic acids is 6. The molecule has 1 unspecified atom stereocenters. The molecule has 1 aliphatic carbocycles. The van der Waals surface area contributed by atoms with Gasteiger partial charge in [0.1, 0.15) is 5.92 Å². The number of thioether (sulfide) groups is 1. The van der Waals surface area contributed by atoms with Crippen molar-refractivity contribution in [3.05, 3.63) is 133 Å². The van der Waals surface area contributed by atoms with Gasteiger partial charge in [0, 0.05) is 21.4 Å². The van der Waals surface area contributed by atoms with E-state index >= 15 is 0 Å². The van der Waals surface area contributed by atoms with Crippen LogP contribution in [0.5, 0.6) is 0 Å². The number of hydrogen-bond donors (Lipinski definition) is 0. The van der Waals surface area contributed by atoms with Crippen LogP contribution < -0.4 is 4.90 Å². The van der Waals surface area contributed by atoms with Crippen molar-refractivity contribution in [2.75, 3.05) is 10.7 Å². The molecule has 0 saturated heterocycles. The number of imide groups is 2. The molecule has 9 nitrogen and oxygen atoms in total. The lowest BCUT2D eigenvalue weighted by atomic mass is 9.97. The number of fused-ring (bicyclic) bond motifs is 4. The van der Waals surface area contributed by atoms with Crippen LogP contribution in [0.25, 0.3) is 10.9 Å². The summed E-state index contributed by atoms with van der Waals surface area (Å²) in [6, 6.07) is 19.3. The average molecular weight is 749 g/mol. The molecule has 2 aliphatic heterocycles. The Morgan fingerprint density at radius 1 is 0.692 bits per heavy atom. The summed E-state index contributed by atoms with van der Waals surface area (Å²) in [5.41, 5.74) is 3.01. The summed E-state index contributed by atoms with van der Waals surface area (Å²) in [5.74, 6) is -3.39. The Balaban J connectivity index is 1.23. The van der Waals surface area contributed by atoms with E-state index in [0.717, 1.165) is 38.9 Å². The highest BCUT2D eigenvalue weighted by Gasteiger charge is 2.43. The molecule has 0 N–H and O–H groups in total. The first-order valence-electron chi connectivity index (χ1n) is 16.6. The highest BCUT2D eigenvalue weighted by molar-refractivity contribution is 7.99. The number of amides is 4. The molecule has 0 radical (unpaired) electrons. The van der Waals surface area contributed by atoms with Crippen LogP contribution in [0.2, 0.25) is 10.0 Å². The fourth-order valence-electron chi connectivity index (χ4n) is 6.99. The van der Waals surface area contributed by atoms with Gasteiger partial charge < -0.3 is 0 Å². The van der Waals surface area contributed by atoms with Crippen molar-refractivity contribution in [2.24, 2.45) is 0 Å². The van der Waals surface area contributed by atoms with Gasteiger partial charge in [0.15, 0.2) is 11.6 Å². The second-order valence-electron chi connectivity index (χ2n) is 13.0. The Kier molecular flexibility index (Phi) is 8.36. The first-order valence-corrected chi connectivity index (χ1v) is 18.3. The monoisotopic (exact) mass is 747 g/mol. The number of ketones is 2. The Morgan fingerprint density at radius 2 is 1.35 bits per heavy atom. The second kappa shape index (κ2) is 12.8. The maximum Gasteiger partial charge on any atom is 0.266 e. The minimum atomic E-state index is -1.24. The summed E-state index contributed by atoms with van der Waals surface area (Å²) in [6.45, 7) is 3.80. The lowest BCUT2D eigenvalue weighted by molar-refractivity contribution is 0.0641. The Labute approximate surface area is 311 Å². The fourth-order valence-corrected chi connectivity index (χ4v) is 8.35. The van der Waals surface area contributed by atoms with Gasteiger partial charge in [-0.2, -0.15) is 0 Å². The average Bonchev–Trinajstić information content (AvgIpc) is 3.62. The van der Waals surface area contributed by atoms with Gasteiger partial charge in [-0.15, -0.1) is 11.8 Å². The third-order valence-corrected chi connectivity index (χ3v) is 11.5. The fraction of sp³-hybridized carbons (Fsp3) is 0.175. The van der Waals surface area contributed by atoms with Crippen molar-refractivity contribution in [2.45, 2.75) is 44.0 Å². The van der Waals surface area contributed by atoms with E-state index in [1.54, 1.807) is 60.3 Å². The quantitative estimate of drug-likeness (QED) is 0.0671. The van der Waals surface area contributed by atoms with Gasteiger partial charge in [0.25, 0.3) is 23.6 Å². The summed E-state index contributed by atoms with van der Waals surface area (Å²) in [6.07, 6.45) is 2.05. The molecule has 1 atom stereocenters. The molecule has 0 saturated carbocycles. The molecule has 3 aliphatic rings. The van der Waals surface area contributed by atoms with Crippen LogP contribution in [0.3, 0.4) is 0 Å². The molecule has 1 aromatic heterocycles. The van der Waals surface area contributed by atoms with Crippen LogP contribution in [0.15, 0.2) is 77.7 Å². The highest BCUT2D eigenvalue weighted by Crippen LogP contribution is 2.41. The number of benzene rings is 4. The van der Waals surface area contributed by atoms with E-state index in [4.69, 9.17) is 28.2 Å². The molecule has 52 heavy (non-hydrogen) atoms. The summed E-state index contributed by atoms with van der Waals surface area (Å²) >= 11 is 14.0. The topological polar surface area (TPSA) is 122 Å². The Bertz CT molecular complexity index is 2460. The van der Waals surface area contributed by atoms with E-state index in [0.29, 0.717) is 33.2 Å². The molecule has 0 spiro atoms. The largest absolute Gasteiger partial charge is 0.293 e. The van der Waals surface area contributed by atoms with Crippen molar-refractivity contribution in [1.29, 1.82) is 0 Å². The van der Waals surface area contributed by atoms with Gasteiger partial charge in [-0.05, 0) is 79.3 Å². The normalized spacial score (nSPS) is 16.4. The van der Waals surface area contributed by atoms with Crippen molar-refractivity contribution < 1.29 is 28.8 Å². The number of rotatable bonds is 8. The number of aromatic nitrogens is 1. The third kappa shape index (κ3) is 5.27. The van der Waals surface area contributed by atoms with E-state index in [1.807, 2.05) is 13.0 Å². The number of Topliss-reactive ketones (excluding diaryl/α,β-unsaturated/α-hetero) is 2. The van der Waals surface area contributed by atoms with Gasteiger partial charge >= 0.3 is 0 Å². The number of carbonyl (C=O) groups is 6. The summed E-state index contributed by atoms with van der Waals surface area (Å²) in [4.78, 5) is 89.9.